The molecule has 2 aliphatic heterocycles. The first-order valence-electron chi connectivity index (χ1n) is 10.9. The van der Waals surface area contributed by atoms with Gasteiger partial charge in [0.1, 0.15) is 0 Å². The molecule has 1 aromatic carbocycles. The summed E-state index contributed by atoms with van der Waals surface area (Å²) in [5.74, 6) is 0.158. The third-order valence-corrected chi connectivity index (χ3v) is 6.21. The zero-order chi connectivity index (χ0) is 20.7. The number of nitrogens with one attached hydrogen (secondary N) is 1. The number of hydrogen-bond donors (Lipinski definition) is 1. The van der Waals surface area contributed by atoms with Crippen molar-refractivity contribution >= 4 is 5.91 Å². The van der Waals surface area contributed by atoms with Gasteiger partial charge in [0.2, 0.25) is 5.91 Å². The fourth-order valence-corrected chi connectivity index (χ4v) is 4.37. The van der Waals surface area contributed by atoms with Gasteiger partial charge in [0, 0.05) is 51.8 Å². The van der Waals surface area contributed by atoms with Crippen molar-refractivity contribution in [2.24, 2.45) is 5.41 Å². The van der Waals surface area contributed by atoms with E-state index in [9.17, 15) is 4.79 Å². The molecule has 0 radical (unpaired) electrons. The van der Waals surface area contributed by atoms with E-state index in [2.05, 4.69) is 45.5 Å². The molecule has 160 valence electrons. The van der Waals surface area contributed by atoms with Crippen molar-refractivity contribution in [1.82, 2.24) is 15.2 Å². The van der Waals surface area contributed by atoms with Gasteiger partial charge in [-0.1, -0.05) is 30.3 Å². The van der Waals surface area contributed by atoms with Crippen molar-refractivity contribution in [3.63, 3.8) is 0 Å². The predicted octanol–water partition coefficient (Wildman–Crippen LogP) is 2.54. The SMILES string of the molecule is O=C(NCCN1CCOCC1)C1(Cc2cccc(-c3cccnc3)c2)CCOCC1. The minimum absolute atomic E-state index is 0.158. The summed E-state index contributed by atoms with van der Waals surface area (Å²) >= 11 is 0. The highest BCUT2D eigenvalue weighted by atomic mass is 16.5. The van der Waals surface area contributed by atoms with Crippen molar-refractivity contribution in [2.75, 3.05) is 52.6 Å². The van der Waals surface area contributed by atoms with E-state index in [1.807, 2.05) is 12.3 Å². The van der Waals surface area contributed by atoms with Crippen LogP contribution in [0.1, 0.15) is 18.4 Å². The second-order valence-corrected chi connectivity index (χ2v) is 8.22. The Morgan fingerprint density at radius 3 is 2.57 bits per heavy atom. The molecule has 30 heavy (non-hydrogen) atoms. The van der Waals surface area contributed by atoms with Gasteiger partial charge in [-0.25, -0.2) is 0 Å². The lowest BCUT2D eigenvalue weighted by Gasteiger charge is -2.36. The van der Waals surface area contributed by atoms with E-state index in [-0.39, 0.29) is 5.91 Å². The standard InChI is InChI=1S/C24H31N3O3/c28-23(26-9-10-27-11-15-30-16-12-27)24(6-13-29-14-7-24)18-20-3-1-4-21(17-20)22-5-2-8-25-19-22/h1-5,8,17,19H,6-7,9-16,18H2,(H,26,28). The number of ether oxygens (including phenoxy) is 2. The average Bonchev–Trinajstić information content (AvgIpc) is 2.81. The van der Waals surface area contributed by atoms with E-state index < -0.39 is 5.41 Å². The molecule has 0 unspecified atom stereocenters. The smallest absolute Gasteiger partial charge is 0.226 e. The maximum atomic E-state index is 13.3. The molecule has 2 saturated heterocycles. The zero-order valence-corrected chi connectivity index (χ0v) is 17.5. The van der Waals surface area contributed by atoms with Crippen LogP contribution >= 0.6 is 0 Å². The van der Waals surface area contributed by atoms with E-state index in [0.29, 0.717) is 19.8 Å². The van der Waals surface area contributed by atoms with Crippen molar-refractivity contribution < 1.29 is 14.3 Å². The van der Waals surface area contributed by atoms with Crippen molar-refractivity contribution in [3.8, 4) is 11.1 Å². The minimum Gasteiger partial charge on any atom is -0.381 e. The van der Waals surface area contributed by atoms with Crippen molar-refractivity contribution in [3.05, 3.63) is 54.4 Å². The summed E-state index contributed by atoms with van der Waals surface area (Å²) in [5, 5.41) is 3.22. The highest BCUT2D eigenvalue weighted by molar-refractivity contribution is 5.83. The van der Waals surface area contributed by atoms with Crippen LogP contribution in [0.25, 0.3) is 11.1 Å². The molecule has 6 heteroatoms. The molecule has 2 aliphatic rings. The Labute approximate surface area is 178 Å². The number of nitrogens with zero attached hydrogens (tertiary/aromatic N) is 2. The molecular formula is C24H31N3O3. The molecule has 6 nitrogen and oxygen atoms in total. The lowest BCUT2D eigenvalue weighted by molar-refractivity contribution is -0.136. The molecule has 0 spiro atoms. The van der Waals surface area contributed by atoms with Crippen LogP contribution in [0.5, 0.6) is 0 Å². The molecule has 2 aromatic rings. The topological polar surface area (TPSA) is 63.7 Å². The van der Waals surface area contributed by atoms with E-state index >= 15 is 0 Å². The summed E-state index contributed by atoms with van der Waals surface area (Å²) in [5.41, 5.74) is 3.00. The Morgan fingerprint density at radius 1 is 1.03 bits per heavy atom. The molecule has 1 amide bonds. The lowest BCUT2D eigenvalue weighted by atomic mass is 9.74. The number of carbonyl (C=O) groups excluding carboxylic acids is 1. The molecule has 4 rings (SSSR count). The quantitative estimate of drug-likeness (QED) is 0.761. The van der Waals surface area contributed by atoms with E-state index in [4.69, 9.17) is 9.47 Å². The van der Waals surface area contributed by atoms with Crippen LogP contribution in [0.2, 0.25) is 0 Å². The molecule has 0 saturated carbocycles. The first kappa shape index (κ1) is 21.0. The van der Waals surface area contributed by atoms with Crippen LogP contribution in [-0.2, 0) is 20.7 Å². The van der Waals surface area contributed by atoms with Gasteiger partial charge >= 0.3 is 0 Å². The normalized spacial score (nSPS) is 19.3. The molecule has 1 N–H and O–H groups in total. The van der Waals surface area contributed by atoms with Gasteiger partial charge in [0.25, 0.3) is 0 Å². The number of rotatable bonds is 7. The third-order valence-electron chi connectivity index (χ3n) is 6.21. The molecule has 1 aromatic heterocycles. The fraction of sp³-hybridized carbons (Fsp3) is 0.500. The number of benzene rings is 1. The number of carbonyl (C=O) groups is 1. The van der Waals surface area contributed by atoms with Crippen LogP contribution in [0.4, 0.5) is 0 Å². The van der Waals surface area contributed by atoms with Crippen molar-refractivity contribution in [1.29, 1.82) is 0 Å². The second-order valence-electron chi connectivity index (χ2n) is 8.22. The summed E-state index contributed by atoms with van der Waals surface area (Å²) in [7, 11) is 0. The van der Waals surface area contributed by atoms with Gasteiger partial charge in [0.05, 0.1) is 18.6 Å². The van der Waals surface area contributed by atoms with Gasteiger partial charge in [-0.2, -0.15) is 0 Å². The highest BCUT2D eigenvalue weighted by Crippen LogP contribution is 2.35. The van der Waals surface area contributed by atoms with Gasteiger partial charge in [0.15, 0.2) is 0 Å². The van der Waals surface area contributed by atoms with Gasteiger partial charge in [-0.3, -0.25) is 14.7 Å². The molecule has 0 atom stereocenters. The number of hydrogen-bond acceptors (Lipinski definition) is 5. The highest BCUT2D eigenvalue weighted by Gasteiger charge is 2.40. The molecule has 2 fully saturated rings. The molecular weight excluding hydrogens is 378 g/mol. The maximum absolute atomic E-state index is 13.3. The summed E-state index contributed by atoms with van der Waals surface area (Å²) in [4.78, 5) is 19.9. The zero-order valence-electron chi connectivity index (χ0n) is 17.5. The van der Waals surface area contributed by atoms with Gasteiger partial charge in [-0.15, -0.1) is 0 Å². The number of pyridine rings is 1. The minimum atomic E-state index is -0.406. The number of aromatic nitrogens is 1. The average molecular weight is 410 g/mol. The Morgan fingerprint density at radius 2 is 1.80 bits per heavy atom. The molecule has 3 heterocycles. The Bertz CT molecular complexity index is 815. The van der Waals surface area contributed by atoms with Crippen LogP contribution in [0.15, 0.2) is 48.8 Å². The lowest BCUT2D eigenvalue weighted by Crippen LogP contribution is -2.48. The Kier molecular flexibility index (Phi) is 7.10. The Hall–Kier alpha value is -2.28. The van der Waals surface area contributed by atoms with Crippen LogP contribution in [0.3, 0.4) is 0 Å². The van der Waals surface area contributed by atoms with E-state index in [1.165, 1.54) is 5.56 Å². The monoisotopic (exact) mass is 409 g/mol. The predicted molar refractivity (Wildman–Crippen MR) is 116 cm³/mol. The van der Waals surface area contributed by atoms with Gasteiger partial charge in [-0.05, 0) is 42.0 Å². The van der Waals surface area contributed by atoms with Crippen molar-refractivity contribution in [2.45, 2.75) is 19.3 Å². The Balaban J connectivity index is 1.43. The first-order valence-corrected chi connectivity index (χ1v) is 10.9. The van der Waals surface area contributed by atoms with E-state index in [1.54, 1.807) is 6.20 Å². The number of morpholine rings is 1. The van der Waals surface area contributed by atoms with E-state index in [0.717, 1.165) is 63.2 Å². The number of amides is 1. The maximum Gasteiger partial charge on any atom is 0.226 e. The second kappa shape index (κ2) is 10.2. The molecule has 0 bridgehead atoms. The van der Waals surface area contributed by atoms with Crippen LogP contribution in [-0.4, -0.2) is 68.4 Å². The van der Waals surface area contributed by atoms with Crippen LogP contribution in [0, 0.1) is 5.41 Å². The molecule has 0 aliphatic carbocycles. The third kappa shape index (κ3) is 5.25. The fourth-order valence-electron chi connectivity index (χ4n) is 4.37. The summed E-state index contributed by atoms with van der Waals surface area (Å²) < 4.78 is 11.0. The summed E-state index contributed by atoms with van der Waals surface area (Å²) in [6.07, 6.45) is 5.90. The first-order chi connectivity index (χ1) is 14.8. The summed E-state index contributed by atoms with van der Waals surface area (Å²) in [6, 6.07) is 12.5. The van der Waals surface area contributed by atoms with Gasteiger partial charge < -0.3 is 14.8 Å². The summed E-state index contributed by atoms with van der Waals surface area (Å²) in [6.45, 7) is 6.27. The van der Waals surface area contributed by atoms with Crippen LogP contribution < -0.4 is 5.32 Å². The largest absolute Gasteiger partial charge is 0.381 e.